The fourth-order valence-electron chi connectivity index (χ4n) is 4.19. The second-order valence-corrected chi connectivity index (χ2v) is 9.51. The molecule has 1 atom stereocenters. The Morgan fingerprint density at radius 3 is 2.81 bits per heavy atom. The summed E-state index contributed by atoms with van der Waals surface area (Å²) in [7, 11) is 1.79. The van der Waals surface area contributed by atoms with Crippen molar-refractivity contribution < 1.29 is 9.59 Å². The molecule has 1 aliphatic heterocycles. The summed E-state index contributed by atoms with van der Waals surface area (Å²) >= 11 is 1.69. The van der Waals surface area contributed by atoms with Crippen molar-refractivity contribution in [2.45, 2.75) is 38.8 Å². The third-order valence-corrected chi connectivity index (χ3v) is 6.88. The number of guanidine groups is 1. The Labute approximate surface area is 192 Å². The normalized spacial score (nSPS) is 18.7. The number of fused-ring (bicyclic) bond motifs is 1. The molecule has 1 saturated heterocycles. The van der Waals surface area contributed by atoms with Crippen molar-refractivity contribution in [2.75, 3.05) is 13.6 Å². The minimum Gasteiger partial charge on any atom is -0.346 e. The van der Waals surface area contributed by atoms with Gasteiger partial charge in [-0.2, -0.15) is 0 Å². The van der Waals surface area contributed by atoms with Crippen molar-refractivity contribution in [2.24, 2.45) is 0 Å². The number of benzene rings is 2. The van der Waals surface area contributed by atoms with Gasteiger partial charge in [-0.1, -0.05) is 25.1 Å². The summed E-state index contributed by atoms with van der Waals surface area (Å²) in [5, 5.41) is 15.0. The summed E-state index contributed by atoms with van der Waals surface area (Å²) in [6.07, 6.45) is 1.15. The lowest BCUT2D eigenvalue weighted by molar-refractivity contribution is -0.131. The summed E-state index contributed by atoms with van der Waals surface area (Å²) in [5.74, 6) is -0.0706. The monoisotopic (exact) mass is 448 g/mol. The first-order chi connectivity index (χ1) is 15.3. The second-order valence-electron chi connectivity index (χ2n) is 8.56. The molecule has 2 heterocycles. The van der Waals surface area contributed by atoms with E-state index in [0.29, 0.717) is 12.1 Å². The molecule has 2 aromatic carbocycles. The van der Waals surface area contributed by atoms with Crippen LogP contribution in [-0.2, 0) is 16.9 Å². The number of hydrogen-bond donors (Lipinski definition) is 2. The summed E-state index contributed by atoms with van der Waals surface area (Å²) in [6.45, 7) is 4.95. The molecular weight excluding hydrogens is 420 g/mol. The van der Waals surface area contributed by atoms with E-state index in [4.69, 9.17) is 5.41 Å². The first-order valence-corrected chi connectivity index (χ1v) is 11.7. The zero-order valence-electron chi connectivity index (χ0n) is 18.6. The maximum atomic E-state index is 13.1. The number of rotatable bonds is 6. The number of carbonyl (C=O) groups is 2. The molecule has 4 rings (SSSR count). The Hall–Kier alpha value is -3.19. The smallest absolute Gasteiger partial charge is 0.253 e. The molecule has 3 aromatic rings. The van der Waals surface area contributed by atoms with Gasteiger partial charge in [0.05, 0.1) is 18.5 Å². The van der Waals surface area contributed by atoms with Gasteiger partial charge in [0.25, 0.3) is 5.91 Å². The molecule has 2 amide bonds. The number of hydrogen-bond acceptors (Lipinski definition) is 4. The predicted octanol–water partition coefficient (Wildman–Crippen LogP) is 4.56. The first kappa shape index (κ1) is 22.0. The lowest BCUT2D eigenvalue weighted by Crippen LogP contribution is -2.59. The van der Waals surface area contributed by atoms with Crippen LogP contribution in [0.3, 0.4) is 0 Å². The summed E-state index contributed by atoms with van der Waals surface area (Å²) < 4.78 is 1.20. The molecule has 6 nitrogen and oxygen atoms in total. The Morgan fingerprint density at radius 2 is 2.06 bits per heavy atom. The Kier molecular flexibility index (Phi) is 6.02. The van der Waals surface area contributed by atoms with Crippen molar-refractivity contribution in [3.05, 3.63) is 70.6 Å². The molecule has 0 radical (unpaired) electrons. The number of nitrogens with one attached hydrogen (secondary N) is 2. The average Bonchev–Trinajstić information content (AvgIpc) is 3.24. The Morgan fingerprint density at radius 1 is 1.25 bits per heavy atom. The average molecular weight is 449 g/mol. The van der Waals surface area contributed by atoms with Crippen molar-refractivity contribution in [1.29, 1.82) is 5.41 Å². The molecule has 1 aliphatic rings. The van der Waals surface area contributed by atoms with Crippen LogP contribution < -0.4 is 5.32 Å². The highest BCUT2D eigenvalue weighted by Gasteiger charge is 2.39. The van der Waals surface area contributed by atoms with E-state index in [9.17, 15) is 9.59 Å². The zero-order valence-corrected chi connectivity index (χ0v) is 19.5. The highest BCUT2D eigenvalue weighted by Crippen LogP contribution is 2.33. The largest absolute Gasteiger partial charge is 0.346 e. The maximum Gasteiger partial charge on any atom is 0.253 e. The van der Waals surface area contributed by atoms with Crippen LogP contribution in [0, 0.1) is 5.41 Å². The van der Waals surface area contributed by atoms with Gasteiger partial charge in [0, 0.05) is 23.9 Å². The standard InChI is InChI=1S/C25H28N4O2S/c1-4-11-28(3)23(31)19-7-5-6-17(13-19)16-29-22(30)15-25(2,27-24(29)26)20-8-9-21-18(14-20)10-12-32-21/h5-10,12-14H,4,11,15-16H2,1-3H3,(H2,26,27)/t25-/m0/s1. The highest BCUT2D eigenvalue weighted by atomic mass is 32.1. The topological polar surface area (TPSA) is 76.5 Å². The third-order valence-electron chi connectivity index (χ3n) is 5.98. The van der Waals surface area contributed by atoms with Crippen LogP contribution in [0.25, 0.3) is 10.1 Å². The van der Waals surface area contributed by atoms with E-state index < -0.39 is 5.54 Å². The van der Waals surface area contributed by atoms with E-state index in [-0.39, 0.29) is 30.7 Å². The van der Waals surface area contributed by atoms with E-state index in [1.54, 1.807) is 29.4 Å². The van der Waals surface area contributed by atoms with Gasteiger partial charge in [0.1, 0.15) is 0 Å². The number of thiophene rings is 1. The van der Waals surface area contributed by atoms with Gasteiger partial charge in [-0.3, -0.25) is 19.9 Å². The molecule has 7 heteroatoms. The van der Waals surface area contributed by atoms with Crippen molar-refractivity contribution in [3.8, 4) is 0 Å². The third kappa shape index (κ3) is 4.25. The van der Waals surface area contributed by atoms with Crippen LogP contribution in [0.4, 0.5) is 0 Å². The minimum atomic E-state index is -0.637. The van der Waals surface area contributed by atoms with E-state index in [0.717, 1.165) is 22.9 Å². The molecule has 32 heavy (non-hydrogen) atoms. The van der Waals surface area contributed by atoms with Crippen molar-refractivity contribution in [1.82, 2.24) is 15.1 Å². The highest BCUT2D eigenvalue weighted by molar-refractivity contribution is 7.17. The lowest BCUT2D eigenvalue weighted by Gasteiger charge is -2.41. The summed E-state index contributed by atoms with van der Waals surface area (Å²) in [5.41, 5.74) is 1.77. The van der Waals surface area contributed by atoms with E-state index in [1.165, 1.54) is 9.60 Å². The molecule has 0 spiro atoms. The van der Waals surface area contributed by atoms with Gasteiger partial charge in [0.2, 0.25) is 5.91 Å². The molecule has 1 fully saturated rings. The number of carbonyl (C=O) groups excluding carboxylic acids is 2. The van der Waals surface area contributed by atoms with Crippen LogP contribution >= 0.6 is 11.3 Å². The Balaban J connectivity index is 1.51. The molecular formula is C25H28N4O2S. The molecule has 0 aliphatic carbocycles. The molecule has 166 valence electrons. The first-order valence-electron chi connectivity index (χ1n) is 10.8. The van der Waals surface area contributed by atoms with Crippen molar-refractivity contribution >= 4 is 39.2 Å². The predicted molar refractivity (Wildman–Crippen MR) is 129 cm³/mol. The molecule has 0 unspecified atom stereocenters. The van der Waals surface area contributed by atoms with Gasteiger partial charge >= 0.3 is 0 Å². The van der Waals surface area contributed by atoms with Crippen molar-refractivity contribution in [3.63, 3.8) is 0 Å². The minimum absolute atomic E-state index is 0.0386. The van der Waals surface area contributed by atoms with E-state index in [1.807, 2.05) is 38.1 Å². The number of nitrogens with zero attached hydrogens (tertiary/aromatic N) is 2. The Bertz CT molecular complexity index is 1170. The van der Waals surface area contributed by atoms with Crippen LogP contribution in [-0.4, -0.2) is 41.2 Å². The molecule has 1 aromatic heterocycles. The lowest BCUT2D eigenvalue weighted by atomic mass is 9.86. The maximum absolute atomic E-state index is 13.1. The van der Waals surface area contributed by atoms with E-state index >= 15 is 0 Å². The molecule has 2 N–H and O–H groups in total. The fourth-order valence-corrected chi connectivity index (χ4v) is 4.96. The summed E-state index contributed by atoms with van der Waals surface area (Å²) in [6, 6.07) is 15.6. The second kappa shape index (κ2) is 8.74. The van der Waals surface area contributed by atoms with Gasteiger partial charge in [-0.15, -0.1) is 11.3 Å². The van der Waals surface area contributed by atoms with Gasteiger partial charge in [-0.05, 0) is 65.6 Å². The molecule has 0 saturated carbocycles. The zero-order chi connectivity index (χ0) is 22.9. The quantitative estimate of drug-likeness (QED) is 0.581. The van der Waals surface area contributed by atoms with Crippen LogP contribution in [0.1, 0.15) is 48.2 Å². The van der Waals surface area contributed by atoms with Crippen LogP contribution in [0.2, 0.25) is 0 Å². The van der Waals surface area contributed by atoms with Gasteiger partial charge < -0.3 is 10.2 Å². The van der Waals surface area contributed by atoms with E-state index in [2.05, 4.69) is 28.9 Å². The summed E-state index contributed by atoms with van der Waals surface area (Å²) in [4.78, 5) is 28.9. The SMILES string of the molecule is CCCN(C)C(=O)c1cccc(CN2C(=N)N[C@](C)(c3ccc4sccc4c3)CC2=O)c1. The van der Waals surface area contributed by atoms with Crippen LogP contribution in [0.15, 0.2) is 53.9 Å². The van der Waals surface area contributed by atoms with Crippen LogP contribution in [0.5, 0.6) is 0 Å². The van der Waals surface area contributed by atoms with Gasteiger partial charge in [-0.25, -0.2) is 0 Å². The number of amides is 2. The van der Waals surface area contributed by atoms with Gasteiger partial charge in [0.15, 0.2) is 5.96 Å². The molecule has 0 bridgehead atoms. The fraction of sp³-hybridized carbons (Fsp3) is 0.320.